The zero-order valence-electron chi connectivity index (χ0n) is 17.7. The van der Waals surface area contributed by atoms with Gasteiger partial charge >= 0.3 is 0 Å². The molecule has 1 aliphatic rings. The van der Waals surface area contributed by atoms with Crippen molar-refractivity contribution in [3.05, 3.63) is 95.1 Å². The summed E-state index contributed by atoms with van der Waals surface area (Å²) in [5.41, 5.74) is 3.60. The van der Waals surface area contributed by atoms with Crippen LogP contribution in [-0.2, 0) is 16.1 Å². The van der Waals surface area contributed by atoms with Gasteiger partial charge < -0.3 is 14.6 Å². The van der Waals surface area contributed by atoms with Gasteiger partial charge in [-0.15, -0.1) is 0 Å². The number of aliphatic hydroxyl groups excluding tert-OH is 1. The second-order valence-corrected chi connectivity index (χ2v) is 7.92. The minimum Gasteiger partial charge on any atom is -0.507 e. The van der Waals surface area contributed by atoms with Crippen LogP contribution in [0.5, 0.6) is 0 Å². The molecule has 0 aliphatic carbocycles. The Labute approximate surface area is 181 Å². The van der Waals surface area contributed by atoms with Crippen LogP contribution in [0, 0.1) is 13.8 Å². The highest BCUT2D eigenvalue weighted by Gasteiger charge is 2.45. The van der Waals surface area contributed by atoms with Crippen LogP contribution in [0.1, 0.15) is 34.7 Å². The fourth-order valence-corrected chi connectivity index (χ4v) is 3.92. The summed E-state index contributed by atoms with van der Waals surface area (Å²) in [6.07, 6.45) is 5.96. The number of benzene rings is 2. The van der Waals surface area contributed by atoms with E-state index in [2.05, 4.69) is 4.98 Å². The van der Waals surface area contributed by atoms with E-state index in [1.54, 1.807) is 29.6 Å². The Morgan fingerprint density at radius 1 is 0.968 bits per heavy atom. The number of carbonyl (C=O) groups excluding carboxylic acids is 2. The number of nitrogens with zero attached hydrogens (tertiary/aromatic N) is 3. The van der Waals surface area contributed by atoms with E-state index >= 15 is 0 Å². The first kappa shape index (κ1) is 20.6. The molecule has 6 heteroatoms. The molecule has 1 aromatic heterocycles. The third-order valence-corrected chi connectivity index (χ3v) is 5.63. The SMILES string of the molecule is Cc1ccc(/C(O)=C2\C(=O)C(=O)N(CCCn3ccnc3)[C@@H]2c2ccc(C)cc2)cc1. The van der Waals surface area contributed by atoms with E-state index in [0.717, 1.165) is 16.7 Å². The highest BCUT2D eigenvalue weighted by Crippen LogP contribution is 2.39. The number of Topliss-reactive ketones (excluding diaryl/α,β-unsaturated/α-hetero) is 1. The number of aryl methyl sites for hydroxylation is 3. The van der Waals surface area contributed by atoms with Crippen molar-refractivity contribution >= 4 is 17.4 Å². The molecule has 1 atom stereocenters. The molecule has 3 aromatic rings. The number of carbonyl (C=O) groups is 2. The van der Waals surface area contributed by atoms with E-state index in [0.29, 0.717) is 25.1 Å². The second-order valence-electron chi connectivity index (χ2n) is 7.92. The molecular formula is C25H25N3O3. The normalized spacial score (nSPS) is 18.0. The molecule has 1 N–H and O–H groups in total. The Bertz CT molecular complexity index is 1110. The zero-order valence-corrected chi connectivity index (χ0v) is 17.7. The Hall–Kier alpha value is -3.67. The lowest BCUT2D eigenvalue weighted by molar-refractivity contribution is -0.139. The third kappa shape index (κ3) is 4.14. The molecule has 4 rings (SSSR count). The van der Waals surface area contributed by atoms with Crippen LogP contribution in [0.15, 0.2) is 72.8 Å². The molecule has 1 amide bonds. The van der Waals surface area contributed by atoms with Gasteiger partial charge in [0.2, 0.25) is 0 Å². The predicted molar refractivity (Wildman–Crippen MR) is 118 cm³/mol. The van der Waals surface area contributed by atoms with Gasteiger partial charge in [-0.3, -0.25) is 9.59 Å². The molecule has 0 unspecified atom stereocenters. The number of hydrogen-bond donors (Lipinski definition) is 1. The van der Waals surface area contributed by atoms with Crippen molar-refractivity contribution in [2.45, 2.75) is 32.9 Å². The molecule has 31 heavy (non-hydrogen) atoms. The van der Waals surface area contributed by atoms with Gasteiger partial charge in [0.25, 0.3) is 11.7 Å². The molecular weight excluding hydrogens is 390 g/mol. The van der Waals surface area contributed by atoms with Gasteiger partial charge in [0.1, 0.15) is 5.76 Å². The number of aliphatic hydroxyl groups is 1. The molecule has 1 saturated heterocycles. The van der Waals surface area contributed by atoms with Gasteiger partial charge in [-0.25, -0.2) is 4.98 Å². The van der Waals surface area contributed by atoms with Crippen LogP contribution >= 0.6 is 0 Å². The summed E-state index contributed by atoms with van der Waals surface area (Å²) in [5.74, 6) is -1.36. The third-order valence-electron chi connectivity index (χ3n) is 5.63. The fourth-order valence-electron chi connectivity index (χ4n) is 3.92. The number of amides is 1. The average Bonchev–Trinajstić information content (AvgIpc) is 3.37. The lowest BCUT2D eigenvalue weighted by Crippen LogP contribution is -2.31. The Kier molecular flexibility index (Phi) is 5.71. The summed E-state index contributed by atoms with van der Waals surface area (Å²) in [4.78, 5) is 31.6. The van der Waals surface area contributed by atoms with E-state index < -0.39 is 17.7 Å². The van der Waals surface area contributed by atoms with E-state index in [1.807, 2.05) is 61.0 Å². The zero-order chi connectivity index (χ0) is 22.0. The maximum Gasteiger partial charge on any atom is 0.295 e. The maximum atomic E-state index is 13.0. The topological polar surface area (TPSA) is 75.4 Å². The number of likely N-dealkylation sites (tertiary alicyclic amines) is 1. The summed E-state index contributed by atoms with van der Waals surface area (Å²) in [5, 5.41) is 11.0. The summed E-state index contributed by atoms with van der Waals surface area (Å²) in [6, 6.07) is 14.4. The number of hydrogen-bond acceptors (Lipinski definition) is 4. The first-order valence-corrected chi connectivity index (χ1v) is 10.3. The number of ketones is 1. The van der Waals surface area contributed by atoms with Crippen LogP contribution in [0.3, 0.4) is 0 Å². The molecule has 158 valence electrons. The maximum absolute atomic E-state index is 13.0. The van der Waals surface area contributed by atoms with E-state index in [1.165, 1.54) is 0 Å². The first-order valence-electron chi connectivity index (χ1n) is 10.3. The highest BCUT2D eigenvalue weighted by molar-refractivity contribution is 6.46. The van der Waals surface area contributed by atoms with E-state index in [9.17, 15) is 14.7 Å². The molecule has 1 aliphatic heterocycles. The summed E-state index contributed by atoms with van der Waals surface area (Å²) >= 11 is 0. The van der Waals surface area contributed by atoms with Crippen molar-refractivity contribution in [1.82, 2.24) is 14.5 Å². The summed E-state index contributed by atoms with van der Waals surface area (Å²) in [7, 11) is 0. The Morgan fingerprint density at radius 3 is 2.23 bits per heavy atom. The number of imidazole rings is 1. The monoisotopic (exact) mass is 415 g/mol. The molecule has 0 saturated carbocycles. The number of aromatic nitrogens is 2. The molecule has 2 heterocycles. The smallest absolute Gasteiger partial charge is 0.295 e. The lowest BCUT2D eigenvalue weighted by Gasteiger charge is -2.25. The quantitative estimate of drug-likeness (QED) is 0.375. The van der Waals surface area contributed by atoms with Gasteiger partial charge in [0.05, 0.1) is 17.9 Å². The van der Waals surface area contributed by atoms with Crippen molar-refractivity contribution in [3.8, 4) is 0 Å². The van der Waals surface area contributed by atoms with Crippen molar-refractivity contribution in [1.29, 1.82) is 0 Å². The minimum absolute atomic E-state index is 0.138. The first-order chi connectivity index (χ1) is 15.0. The molecule has 0 spiro atoms. The summed E-state index contributed by atoms with van der Waals surface area (Å²) < 4.78 is 1.93. The molecule has 1 fully saturated rings. The van der Waals surface area contributed by atoms with Gasteiger partial charge in [-0.2, -0.15) is 0 Å². The Balaban J connectivity index is 1.72. The van der Waals surface area contributed by atoms with Crippen molar-refractivity contribution in [3.63, 3.8) is 0 Å². The highest BCUT2D eigenvalue weighted by atomic mass is 16.3. The molecule has 2 aromatic carbocycles. The van der Waals surface area contributed by atoms with E-state index in [4.69, 9.17) is 0 Å². The van der Waals surface area contributed by atoms with Gasteiger partial charge in [-0.05, 0) is 25.8 Å². The molecule has 0 radical (unpaired) electrons. The Morgan fingerprint density at radius 2 is 1.61 bits per heavy atom. The van der Waals surface area contributed by atoms with Crippen molar-refractivity contribution in [2.75, 3.05) is 6.54 Å². The molecule has 0 bridgehead atoms. The lowest BCUT2D eigenvalue weighted by atomic mass is 9.94. The van der Waals surface area contributed by atoms with Crippen molar-refractivity contribution in [2.24, 2.45) is 0 Å². The predicted octanol–water partition coefficient (Wildman–Crippen LogP) is 4.01. The van der Waals surface area contributed by atoms with Crippen LogP contribution in [-0.4, -0.2) is 37.8 Å². The van der Waals surface area contributed by atoms with Crippen LogP contribution < -0.4 is 0 Å². The van der Waals surface area contributed by atoms with Gasteiger partial charge in [-0.1, -0.05) is 59.7 Å². The van der Waals surface area contributed by atoms with Crippen LogP contribution in [0.25, 0.3) is 5.76 Å². The van der Waals surface area contributed by atoms with Gasteiger partial charge in [0, 0.05) is 31.0 Å². The number of rotatable bonds is 6. The fraction of sp³-hybridized carbons (Fsp3) is 0.240. The summed E-state index contributed by atoms with van der Waals surface area (Å²) in [6.45, 7) is 5.01. The van der Waals surface area contributed by atoms with Crippen LogP contribution in [0.2, 0.25) is 0 Å². The van der Waals surface area contributed by atoms with Gasteiger partial charge in [0.15, 0.2) is 0 Å². The average molecular weight is 415 g/mol. The minimum atomic E-state index is -0.647. The van der Waals surface area contributed by atoms with E-state index in [-0.39, 0.29) is 11.3 Å². The van der Waals surface area contributed by atoms with Crippen LogP contribution in [0.4, 0.5) is 0 Å². The molecule has 6 nitrogen and oxygen atoms in total. The second kappa shape index (κ2) is 8.60. The van der Waals surface area contributed by atoms with Crippen molar-refractivity contribution < 1.29 is 14.7 Å². The largest absolute Gasteiger partial charge is 0.507 e. The standard InChI is InChI=1S/C25H25N3O3/c1-17-4-8-19(9-5-17)22-21(23(29)20-10-6-18(2)7-11-20)24(30)25(31)28(22)14-3-13-27-15-12-26-16-27/h4-12,15-16,22,29H,3,13-14H2,1-2H3/b23-21+/t22-/m1/s1.